The SMILES string of the molecule is O=S(=O)(Cc1cccc(-c2nn[nH]n2)c1)c1cccc(Cl)c1Cl. The predicted molar refractivity (Wildman–Crippen MR) is 87.0 cm³/mol. The lowest BCUT2D eigenvalue weighted by molar-refractivity contribution is 0.595. The molecule has 0 radical (unpaired) electrons. The van der Waals surface area contributed by atoms with Crippen molar-refractivity contribution in [2.45, 2.75) is 10.6 Å². The van der Waals surface area contributed by atoms with Crippen LogP contribution in [-0.4, -0.2) is 29.0 Å². The number of hydrogen-bond donors (Lipinski definition) is 1. The van der Waals surface area contributed by atoms with Crippen LogP contribution >= 0.6 is 23.2 Å². The van der Waals surface area contributed by atoms with Crippen molar-refractivity contribution in [1.82, 2.24) is 20.6 Å². The zero-order valence-electron chi connectivity index (χ0n) is 11.6. The average molecular weight is 369 g/mol. The number of sulfone groups is 1. The molecule has 0 aliphatic carbocycles. The van der Waals surface area contributed by atoms with Crippen LogP contribution in [-0.2, 0) is 15.6 Å². The van der Waals surface area contributed by atoms with Crippen molar-refractivity contribution < 1.29 is 8.42 Å². The largest absolute Gasteiger partial charge is 0.223 e. The summed E-state index contributed by atoms with van der Waals surface area (Å²) in [5.41, 5.74) is 1.26. The van der Waals surface area contributed by atoms with Crippen LogP contribution in [0.4, 0.5) is 0 Å². The van der Waals surface area contributed by atoms with E-state index in [0.29, 0.717) is 17.0 Å². The molecule has 0 saturated heterocycles. The number of tetrazole rings is 1. The molecule has 1 aromatic heterocycles. The second-order valence-corrected chi connectivity index (χ2v) is 7.49. The van der Waals surface area contributed by atoms with E-state index in [1.165, 1.54) is 6.07 Å². The highest BCUT2D eigenvalue weighted by molar-refractivity contribution is 7.90. The molecule has 2 aromatic carbocycles. The van der Waals surface area contributed by atoms with Gasteiger partial charge in [0.15, 0.2) is 9.84 Å². The number of benzene rings is 2. The van der Waals surface area contributed by atoms with Crippen LogP contribution in [0.3, 0.4) is 0 Å². The maximum absolute atomic E-state index is 12.6. The van der Waals surface area contributed by atoms with Gasteiger partial charge in [0.1, 0.15) is 0 Å². The van der Waals surface area contributed by atoms with Gasteiger partial charge < -0.3 is 0 Å². The van der Waals surface area contributed by atoms with Crippen molar-refractivity contribution in [2.75, 3.05) is 0 Å². The fourth-order valence-electron chi connectivity index (χ4n) is 2.11. The third kappa shape index (κ3) is 3.36. The van der Waals surface area contributed by atoms with Crippen LogP contribution in [0.2, 0.25) is 10.0 Å². The van der Waals surface area contributed by atoms with Crippen LogP contribution in [0, 0.1) is 0 Å². The molecule has 6 nitrogen and oxygen atoms in total. The second kappa shape index (κ2) is 6.27. The lowest BCUT2D eigenvalue weighted by Gasteiger charge is -2.08. The Balaban J connectivity index is 1.95. The second-order valence-electron chi connectivity index (χ2n) is 4.75. The normalized spacial score (nSPS) is 11.6. The lowest BCUT2D eigenvalue weighted by atomic mass is 10.1. The minimum absolute atomic E-state index is 0.0108. The number of aromatic nitrogens is 4. The van der Waals surface area contributed by atoms with Gasteiger partial charge in [0.05, 0.1) is 20.7 Å². The number of hydrogen-bond acceptors (Lipinski definition) is 5. The fraction of sp³-hybridized carbons (Fsp3) is 0.0714. The summed E-state index contributed by atoms with van der Waals surface area (Å²) in [6, 6.07) is 11.4. The van der Waals surface area contributed by atoms with Crippen molar-refractivity contribution in [2.24, 2.45) is 0 Å². The molecule has 0 unspecified atom stereocenters. The Bertz CT molecular complexity index is 943. The van der Waals surface area contributed by atoms with Crippen molar-refractivity contribution in [3.8, 4) is 11.4 Å². The van der Waals surface area contributed by atoms with Crippen LogP contribution in [0.15, 0.2) is 47.4 Å². The molecule has 118 valence electrons. The van der Waals surface area contributed by atoms with E-state index in [4.69, 9.17) is 23.2 Å². The van der Waals surface area contributed by atoms with Gasteiger partial charge in [-0.05, 0) is 29.0 Å². The van der Waals surface area contributed by atoms with Crippen LogP contribution in [0.1, 0.15) is 5.56 Å². The summed E-state index contributed by atoms with van der Waals surface area (Å²) in [6.07, 6.45) is 0. The summed E-state index contributed by atoms with van der Waals surface area (Å²) in [7, 11) is -3.63. The van der Waals surface area contributed by atoms with E-state index in [2.05, 4.69) is 20.6 Å². The Hall–Kier alpha value is -1.96. The molecule has 0 amide bonds. The minimum Gasteiger partial charge on any atom is -0.223 e. The molecule has 0 saturated carbocycles. The molecule has 3 rings (SSSR count). The van der Waals surface area contributed by atoms with E-state index >= 15 is 0 Å². The first-order valence-corrected chi connectivity index (χ1v) is 8.88. The Morgan fingerprint density at radius 2 is 1.87 bits per heavy atom. The third-order valence-corrected chi connectivity index (χ3v) is 5.79. The molecule has 1 heterocycles. The first-order chi connectivity index (χ1) is 11.0. The molecule has 0 bridgehead atoms. The summed E-state index contributed by atoms with van der Waals surface area (Å²) in [4.78, 5) is 0.0108. The predicted octanol–water partition coefficient (Wildman–Crippen LogP) is 3.15. The van der Waals surface area contributed by atoms with E-state index in [1.807, 2.05) is 0 Å². The van der Waals surface area contributed by atoms with Gasteiger partial charge in [-0.25, -0.2) is 8.42 Å². The van der Waals surface area contributed by atoms with Gasteiger partial charge in [-0.1, -0.05) is 47.5 Å². The van der Waals surface area contributed by atoms with Crippen LogP contribution < -0.4 is 0 Å². The van der Waals surface area contributed by atoms with Gasteiger partial charge in [0, 0.05) is 5.56 Å². The van der Waals surface area contributed by atoms with Crippen molar-refractivity contribution in [3.05, 3.63) is 58.1 Å². The van der Waals surface area contributed by atoms with Crippen molar-refractivity contribution in [3.63, 3.8) is 0 Å². The third-order valence-electron chi connectivity index (χ3n) is 3.14. The highest BCUT2D eigenvalue weighted by Gasteiger charge is 2.20. The zero-order valence-corrected chi connectivity index (χ0v) is 13.9. The Morgan fingerprint density at radius 3 is 2.61 bits per heavy atom. The van der Waals surface area contributed by atoms with E-state index < -0.39 is 9.84 Å². The highest BCUT2D eigenvalue weighted by Crippen LogP contribution is 2.31. The number of nitrogens with one attached hydrogen (secondary N) is 1. The Morgan fingerprint density at radius 1 is 1.09 bits per heavy atom. The minimum atomic E-state index is -3.63. The Labute approximate surface area is 142 Å². The van der Waals surface area contributed by atoms with Gasteiger partial charge in [0.25, 0.3) is 0 Å². The zero-order chi connectivity index (χ0) is 16.4. The van der Waals surface area contributed by atoms with Gasteiger partial charge in [-0.3, -0.25) is 0 Å². The summed E-state index contributed by atoms with van der Waals surface area (Å²) in [6.45, 7) is 0. The molecule has 0 atom stereocenters. The smallest absolute Gasteiger partial charge is 0.204 e. The number of aromatic amines is 1. The molecule has 23 heavy (non-hydrogen) atoms. The number of nitrogens with zero attached hydrogens (tertiary/aromatic N) is 3. The summed E-state index contributed by atoms with van der Waals surface area (Å²) < 4.78 is 25.2. The first kappa shape index (κ1) is 15.9. The maximum atomic E-state index is 12.6. The van der Waals surface area contributed by atoms with E-state index in [9.17, 15) is 8.42 Å². The molecular formula is C14H10Cl2N4O2S. The monoisotopic (exact) mass is 368 g/mol. The van der Waals surface area contributed by atoms with Crippen molar-refractivity contribution >= 4 is 33.0 Å². The number of rotatable bonds is 4. The number of H-pyrrole nitrogens is 1. The lowest BCUT2D eigenvalue weighted by Crippen LogP contribution is -2.06. The van der Waals surface area contributed by atoms with Crippen LogP contribution in [0.25, 0.3) is 11.4 Å². The molecule has 0 fully saturated rings. The first-order valence-electron chi connectivity index (χ1n) is 6.47. The van der Waals surface area contributed by atoms with E-state index in [1.54, 1.807) is 36.4 Å². The quantitative estimate of drug-likeness (QED) is 0.763. The molecule has 0 spiro atoms. The summed E-state index contributed by atoms with van der Waals surface area (Å²) in [5.74, 6) is 0.184. The van der Waals surface area contributed by atoms with Crippen LogP contribution in [0.5, 0.6) is 0 Å². The van der Waals surface area contributed by atoms with Gasteiger partial charge in [-0.15, -0.1) is 10.2 Å². The molecule has 3 aromatic rings. The Kier molecular flexibility index (Phi) is 4.34. The fourth-order valence-corrected chi connectivity index (χ4v) is 4.26. The molecule has 0 aliphatic heterocycles. The topological polar surface area (TPSA) is 88.6 Å². The van der Waals surface area contributed by atoms with Gasteiger partial charge in [0.2, 0.25) is 5.82 Å². The average Bonchev–Trinajstić information content (AvgIpc) is 3.04. The van der Waals surface area contributed by atoms with Crippen molar-refractivity contribution in [1.29, 1.82) is 0 Å². The molecule has 0 aliphatic rings. The van der Waals surface area contributed by atoms with Gasteiger partial charge in [-0.2, -0.15) is 5.21 Å². The molecule has 9 heteroatoms. The molecular weight excluding hydrogens is 359 g/mol. The maximum Gasteiger partial charge on any atom is 0.204 e. The highest BCUT2D eigenvalue weighted by atomic mass is 35.5. The number of halogens is 2. The van der Waals surface area contributed by atoms with E-state index in [-0.39, 0.29) is 20.7 Å². The summed E-state index contributed by atoms with van der Waals surface area (Å²) >= 11 is 11.9. The van der Waals surface area contributed by atoms with E-state index in [0.717, 1.165) is 0 Å². The molecule has 1 N–H and O–H groups in total. The summed E-state index contributed by atoms with van der Waals surface area (Å²) in [5, 5.41) is 13.8. The van der Waals surface area contributed by atoms with Gasteiger partial charge >= 0.3 is 0 Å². The standard InChI is InChI=1S/C14H10Cl2N4O2S/c15-11-5-2-6-12(13(11)16)23(21,22)8-9-3-1-4-10(7-9)14-17-19-20-18-14/h1-7H,8H2,(H,17,18,19,20).